The number of hydrogen-bond acceptors (Lipinski definition) is 4. The summed E-state index contributed by atoms with van der Waals surface area (Å²) in [6.45, 7) is 0. The molecule has 0 radical (unpaired) electrons. The van der Waals surface area contributed by atoms with Crippen LogP contribution in [-0.2, 0) is 0 Å². The normalized spacial score (nSPS) is 10.0. The van der Waals surface area contributed by atoms with Gasteiger partial charge in [-0.1, -0.05) is 12.1 Å². The molecule has 2 aromatic rings. The predicted molar refractivity (Wildman–Crippen MR) is 80.7 cm³/mol. The number of phenols is 1. The second-order valence-corrected chi connectivity index (χ2v) is 4.74. The van der Waals surface area contributed by atoms with Gasteiger partial charge in [0, 0.05) is 25.3 Å². The van der Waals surface area contributed by atoms with Crippen LogP contribution in [0.15, 0.2) is 48.5 Å². The van der Waals surface area contributed by atoms with Crippen LogP contribution in [-0.4, -0.2) is 31.0 Å². The van der Waals surface area contributed by atoms with E-state index in [0.717, 1.165) is 5.69 Å². The van der Waals surface area contributed by atoms with Gasteiger partial charge in [-0.15, -0.1) is 0 Å². The summed E-state index contributed by atoms with van der Waals surface area (Å²) in [4.78, 5) is 25.8. The number of carbonyl (C=O) groups is 2. The Kier molecular flexibility index (Phi) is 4.23. The molecule has 0 unspecified atom stereocenters. The van der Waals surface area contributed by atoms with Crippen molar-refractivity contribution in [3.05, 3.63) is 59.7 Å². The van der Waals surface area contributed by atoms with Gasteiger partial charge < -0.3 is 10.0 Å². The van der Waals surface area contributed by atoms with Crippen LogP contribution < -0.4 is 10.2 Å². The summed E-state index contributed by atoms with van der Waals surface area (Å²) >= 11 is 0. The summed E-state index contributed by atoms with van der Waals surface area (Å²) in [7, 11) is 3.80. The van der Waals surface area contributed by atoms with Gasteiger partial charge in [0.1, 0.15) is 5.75 Å². The molecule has 0 heterocycles. The van der Waals surface area contributed by atoms with Crippen LogP contribution in [0.2, 0.25) is 0 Å². The van der Waals surface area contributed by atoms with Gasteiger partial charge in [0.05, 0.1) is 5.56 Å². The number of carbonyl (C=O) groups excluding carboxylic acids is 2. The number of benzene rings is 2. The molecule has 0 fully saturated rings. The highest BCUT2D eigenvalue weighted by Crippen LogP contribution is 2.16. The zero-order valence-corrected chi connectivity index (χ0v) is 11.8. The standard InChI is InChI=1S/C16H16N2O3/c1-18(2)12-9-7-11(8-10-12)15(20)17-16(21)13-5-3-4-6-14(13)19/h3-10,19H,1-2H3,(H,17,20,21). The zero-order valence-electron chi connectivity index (χ0n) is 11.8. The molecule has 2 rings (SSSR count). The number of nitrogens with one attached hydrogen (secondary N) is 1. The molecule has 0 atom stereocenters. The number of amides is 2. The van der Waals surface area contributed by atoms with Crippen molar-refractivity contribution in [2.45, 2.75) is 0 Å². The highest BCUT2D eigenvalue weighted by Gasteiger charge is 2.14. The third-order valence-electron chi connectivity index (χ3n) is 3.02. The smallest absolute Gasteiger partial charge is 0.261 e. The van der Waals surface area contributed by atoms with E-state index in [1.165, 1.54) is 12.1 Å². The number of anilines is 1. The maximum Gasteiger partial charge on any atom is 0.261 e. The third kappa shape index (κ3) is 3.39. The second-order valence-electron chi connectivity index (χ2n) is 4.74. The highest BCUT2D eigenvalue weighted by atomic mass is 16.3. The Labute approximate surface area is 122 Å². The molecule has 5 heteroatoms. The van der Waals surface area contributed by atoms with E-state index < -0.39 is 11.8 Å². The first kappa shape index (κ1) is 14.6. The molecular weight excluding hydrogens is 268 g/mol. The summed E-state index contributed by atoms with van der Waals surface area (Å²) < 4.78 is 0. The summed E-state index contributed by atoms with van der Waals surface area (Å²) in [5.74, 6) is -1.30. The minimum atomic E-state index is -0.630. The summed E-state index contributed by atoms with van der Waals surface area (Å²) in [6, 6.07) is 12.9. The van der Waals surface area contributed by atoms with E-state index in [1.807, 2.05) is 19.0 Å². The molecular formula is C16H16N2O3. The zero-order chi connectivity index (χ0) is 15.4. The lowest BCUT2D eigenvalue weighted by molar-refractivity contribution is 0.0848. The van der Waals surface area contributed by atoms with Gasteiger partial charge in [0.25, 0.3) is 11.8 Å². The number of phenolic OH excluding ortho intramolecular Hbond substituents is 1. The van der Waals surface area contributed by atoms with Crippen LogP contribution in [0.25, 0.3) is 0 Å². The van der Waals surface area contributed by atoms with E-state index in [-0.39, 0.29) is 11.3 Å². The summed E-state index contributed by atoms with van der Waals surface area (Å²) in [5.41, 5.74) is 1.40. The minimum absolute atomic E-state index is 0.0655. The number of para-hydroxylation sites is 1. The van der Waals surface area contributed by atoms with E-state index >= 15 is 0 Å². The highest BCUT2D eigenvalue weighted by molar-refractivity contribution is 6.11. The lowest BCUT2D eigenvalue weighted by atomic mass is 10.1. The molecule has 108 valence electrons. The first-order chi connectivity index (χ1) is 9.99. The molecule has 0 saturated heterocycles. The predicted octanol–water partition coefficient (Wildman–Crippen LogP) is 2.03. The van der Waals surface area contributed by atoms with Gasteiger partial charge in [-0.05, 0) is 36.4 Å². The van der Waals surface area contributed by atoms with Crippen molar-refractivity contribution in [3.63, 3.8) is 0 Å². The first-order valence-corrected chi connectivity index (χ1v) is 6.40. The molecule has 5 nitrogen and oxygen atoms in total. The lowest BCUT2D eigenvalue weighted by Crippen LogP contribution is -2.30. The Morgan fingerprint density at radius 3 is 2.14 bits per heavy atom. The number of hydrogen-bond donors (Lipinski definition) is 2. The summed E-state index contributed by atoms with van der Waals surface area (Å²) in [6.07, 6.45) is 0. The Balaban J connectivity index is 2.11. The number of aromatic hydroxyl groups is 1. The average Bonchev–Trinajstić information content (AvgIpc) is 2.47. The van der Waals surface area contributed by atoms with E-state index in [4.69, 9.17) is 0 Å². The largest absolute Gasteiger partial charge is 0.507 e. The number of nitrogens with zero attached hydrogens (tertiary/aromatic N) is 1. The molecule has 21 heavy (non-hydrogen) atoms. The minimum Gasteiger partial charge on any atom is -0.507 e. The number of imide groups is 1. The van der Waals surface area contributed by atoms with Crippen LogP contribution in [0, 0.1) is 0 Å². The van der Waals surface area contributed by atoms with Crippen LogP contribution in [0.3, 0.4) is 0 Å². The summed E-state index contributed by atoms with van der Waals surface area (Å²) in [5, 5.41) is 11.8. The molecule has 0 spiro atoms. The van der Waals surface area contributed by atoms with Gasteiger partial charge in [0.2, 0.25) is 0 Å². The topological polar surface area (TPSA) is 69.6 Å². The van der Waals surface area contributed by atoms with E-state index in [1.54, 1.807) is 36.4 Å². The lowest BCUT2D eigenvalue weighted by Gasteiger charge is -2.12. The van der Waals surface area contributed by atoms with Gasteiger partial charge in [-0.3, -0.25) is 14.9 Å². The van der Waals surface area contributed by atoms with Crippen LogP contribution in [0.4, 0.5) is 5.69 Å². The van der Waals surface area contributed by atoms with Gasteiger partial charge in [0.15, 0.2) is 0 Å². The molecule has 0 saturated carbocycles. The van der Waals surface area contributed by atoms with Gasteiger partial charge in [-0.2, -0.15) is 0 Å². The fraction of sp³-hybridized carbons (Fsp3) is 0.125. The first-order valence-electron chi connectivity index (χ1n) is 6.40. The van der Waals surface area contributed by atoms with Crippen molar-refractivity contribution in [2.24, 2.45) is 0 Å². The molecule has 0 aliphatic heterocycles. The van der Waals surface area contributed by atoms with E-state index in [2.05, 4.69) is 5.32 Å². The van der Waals surface area contributed by atoms with Crippen LogP contribution >= 0.6 is 0 Å². The van der Waals surface area contributed by atoms with Crippen LogP contribution in [0.5, 0.6) is 5.75 Å². The Morgan fingerprint density at radius 1 is 0.952 bits per heavy atom. The molecule has 2 N–H and O–H groups in total. The molecule has 0 aromatic heterocycles. The Hall–Kier alpha value is -2.82. The average molecular weight is 284 g/mol. The fourth-order valence-corrected chi connectivity index (χ4v) is 1.82. The van der Waals surface area contributed by atoms with Gasteiger partial charge in [-0.25, -0.2) is 0 Å². The SMILES string of the molecule is CN(C)c1ccc(C(=O)NC(=O)c2ccccc2O)cc1. The third-order valence-corrected chi connectivity index (χ3v) is 3.02. The van der Waals surface area contributed by atoms with Crippen molar-refractivity contribution in [1.82, 2.24) is 5.32 Å². The molecule has 2 amide bonds. The van der Waals surface area contributed by atoms with Crippen LogP contribution in [0.1, 0.15) is 20.7 Å². The van der Waals surface area contributed by atoms with Crippen molar-refractivity contribution < 1.29 is 14.7 Å². The Bertz CT molecular complexity index is 663. The molecule has 0 bridgehead atoms. The number of rotatable bonds is 3. The van der Waals surface area contributed by atoms with Crippen molar-refractivity contribution in [2.75, 3.05) is 19.0 Å². The van der Waals surface area contributed by atoms with E-state index in [0.29, 0.717) is 5.56 Å². The molecule has 0 aliphatic carbocycles. The maximum absolute atomic E-state index is 12.0. The Morgan fingerprint density at radius 2 is 1.57 bits per heavy atom. The van der Waals surface area contributed by atoms with E-state index in [9.17, 15) is 14.7 Å². The maximum atomic E-state index is 12.0. The van der Waals surface area contributed by atoms with Crippen molar-refractivity contribution in [3.8, 4) is 5.75 Å². The van der Waals surface area contributed by atoms with Gasteiger partial charge >= 0.3 is 0 Å². The monoisotopic (exact) mass is 284 g/mol. The quantitative estimate of drug-likeness (QED) is 0.846. The molecule has 2 aromatic carbocycles. The molecule has 0 aliphatic rings. The van der Waals surface area contributed by atoms with Crippen molar-refractivity contribution in [1.29, 1.82) is 0 Å². The fourth-order valence-electron chi connectivity index (χ4n) is 1.82. The second kappa shape index (κ2) is 6.09. The van der Waals surface area contributed by atoms with Crippen molar-refractivity contribution >= 4 is 17.5 Å².